The zero-order valence-corrected chi connectivity index (χ0v) is 14.5. The van der Waals surface area contributed by atoms with Crippen molar-refractivity contribution >= 4 is 27.7 Å². The van der Waals surface area contributed by atoms with Crippen LogP contribution in [0.2, 0.25) is 0 Å². The summed E-state index contributed by atoms with van der Waals surface area (Å²) in [5.74, 6) is -0.385. The van der Waals surface area contributed by atoms with E-state index in [1.165, 1.54) is 30.4 Å². The molecule has 26 heavy (non-hydrogen) atoms. The molecule has 0 saturated carbocycles. The molecule has 2 rings (SSSR count). The Kier molecular flexibility index (Phi) is 6.21. The van der Waals surface area contributed by atoms with Crippen molar-refractivity contribution in [2.75, 3.05) is 6.54 Å². The number of nitro benzene ring substituents is 1. The van der Waals surface area contributed by atoms with Crippen molar-refractivity contribution in [1.29, 1.82) is 0 Å². The summed E-state index contributed by atoms with van der Waals surface area (Å²) in [5.41, 5.74) is 1.10. The Morgan fingerprint density at radius 2 is 1.81 bits per heavy atom. The predicted octanol–water partition coefficient (Wildman–Crippen LogP) is 1.61. The molecule has 0 aromatic heterocycles. The number of nitrogens with zero attached hydrogens (tertiary/aromatic N) is 1. The summed E-state index contributed by atoms with van der Waals surface area (Å²) >= 11 is 0. The first-order chi connectivity index (χ1) is 12.3. The van der Waals surface area contributed by atoms with E-state index in [-0.39, 0.29) is 16.5 Å². The zero-order chi connectivity index (χ0) is 19.2. The molecule has 0 saturated heterocycles. The summed E-state index contributed by atoms with van der Waals surface area (Å²) in [6, 6.07) is 12.2. The molecule has 0 spiro atoms. The third-order valence-electron chi connectivity index (χ3n) is 3.51. The standard InChI is InChI=1S/C17H17N3O5S/c18-26(24,25)15-8-5-13(6-9-15)11-12-19-17(21)10-7-14-3-1-2-4-16(14)20(22)23/h1-10H,11-12H2,(H,19,21)(H2,18,24,25). The maximum absolute atomic E-state index is 11.8. The molecule has 0 radical (unpaired) electrons. The average molecular weight is 375 g/mol. The van der Waals surface area contributed by atoms with Crippen LogP contribution in [-0.2, 0) is 21.2 Å². The molecule has 2 aromatic carbocycles. The highest BCUT2D eigenvalue weighted by Gasteiger charge is 2.10. The molecule has 2 aromatic rings. The Hall–Kier alpha value is -3.04. The number of carbonyl (C=O) groups is 1. The van der Waals surface area contributed by atoms with E-state index in [4.69, 9.17) is 5.14 Å². The van der Waals surface area contributed by atoms with Crippen molar-refractivity contribution in [3.8, 4) is 0 Å². The molecule has 0 aliphatic rings. The fourth-order valence-electron chi connectivity index (χ4n) is 2.19. The topological polar surface area (TPSA) is 132 Å². The summed E-state index contributed by atoms with van der Waals surface area (Å²) in [5, 5.41) is 18.6. The molecule has 0 unspecified atom stereocenters. The van der Waals surface area contributed by atoms with E-state index >= 15 is 0 Å². The fourth-order valence-corrected chi connectivity index (χ4v) is 2.71. The van der Waals surface area contributed by atoms with Gasteiger partial charge in [0.15, 0.2) is 0 Å². The van der Waals surface area contributed by atoms with E-state index in [1.54, 1.807) is 30.3 Å². The number of benzene rings is 2. The van der Waals surface area contributed by atoms with Crippen LogP contribution in [0.1, 0.15) is 11.1 Å². The van der Waals surface area contributed by atoms with Gasteiger partial charge in [-0.25, -0.2) is 13.6 Å². The van der Waals surface area contributed by atoms with Gasteiger partial charge in [-0.05, 0) is 36.3 Å². The summed E-state index contributed by atoms with van der Waals surface area (Å²) in [7, 11) is -3.72. The van der Waals surface area contributed by atoms with E-state index in [0.29, 0.717) is 18.5 Å². The first-order valence-corrected chi connectivity index (χ1v) is 9.13. The monoisotopic (exact) mass is 375 g/mol. The molecule has 8 nitrogen and oxygen atoms in total. The third-order valence-corrected chi connectivity index (χ3v) is 4.44. The largest absolute Gasteiger partial charge is 0.352 e. The van der Waals surface area contributed by atoms with Gasteiger partial charge in [0, 0.05) is 18.7 Å². The molecule has 9 heteroatoms. The van der Waals surface area contributed by atoms with E-state index in [9.17, 15) is 23.3 Å². The summed E-state index contributed by atoms with van der Waals surface area (Å²) in [4.78, 5) is 22.2. The molecule has 0 heterocycles. The van der Waals surface area contributed by atoms with Gasteiger partial charge in [-0.2, -0.15) is 0 Å². The number of para-hydroxylation sites is 1. The van der Waals surface area contributed by atoms with Crippen molar-refractivity contribution in [2.24, 2.45) is 5.14 Å². The number of sulfonamides is 1. The van der Waals surface area contributed by atoms with Gasteiger partial charge in [0.05, 0.1) is 15.4 Å². The van der Waals surface area contributed by atoms with Gasteiger partial charge in [0.2, 0.25) is 15.9 Å². The second-order valence-corrected chi connectivity index (χ2v) is 6.94. The van der Waals surface area contributed by atoms with Crippen LogP contribution in [0, 0.1) is 10.1 Å². The number of hydrogen-bond acceptors (Lipinski definition) is 5. The highest BCUT2D eigenvalue weighted by molar-refractivity contribution is 7.89. The lowest BCUT2D eigenvalue weighted by Gasteiger charge is -2.04. The Morgan fingerprint density at radius 1 is 1.15 bits per heavy atom. The summed E-state index contributed by atoms with van der Waals surface area (Å²) in [6.45, 7) is 0.328. The SMILES string of the molecule is NS(=O)(=O)c1ccc(CCNC(=O)C=Cc2ccccc2[N+](=O)[O-])cc1. The number of carbonyl (C=O) groups excluding carboxylic acids is 1. The highest BCUT2D eigenvalue weighted by Crippen LogP contribution is 2.18. The molecule has 0 atom stereocenters. The lowest BCUT2D eigenvalue weighted by molar-refractivity contribution is -0.385. The van der Waals surface area contributed by atoms with Gasteiger partial charge in [-0.1, -0.05) is 24.3 Å². The lowest BCUT2D eigenvalue weighted by atomic mass is 10.1. The van der Waals surface area contributed by atoms with Crippen LogP contribution in [0.4, 0.5) is 5.69 Å². The Bertz CT molecular complexity index is 937. The molecule has 0 fully saturated rings. The first kappa shape index (κ1) is 19.3. The van der Waals surface area contributed by atoms with Crippen molar-refractivity contribution < 1.29 is 18.1 Å². The third kappa shape index (κ3) is 5.50. The summed E-state index contributed by atoms with van der Waals surface area (Å²) in [6.07, 6.45) is 3.11. The fraction of sp³-hybridized carbons (Fsp3) is 0.118. The normalized spacial score (nSPS) is 11.4. The predicted molar refractivity (Wildman–Crippen MR) is 96.7 cm³/mol. The van der Waals surface area contributed by atoms with Crippen LogP contribution in [0.3, 0.4) is 0 Å². The second-order valence-electron chi connectivity index (χ2n) is 5.38. The maximum Gasteiger partial charge on any atom is 0.276 e. The molecule has 3 N–H and O–H groups in total. The number of amides is 1. The van der Waals surface area contributed by atoms with E-state index in [2.05, 4.69) is 5.32 Å². The van der Waals surface area contributed by atoms with Gasteiger partial charge >= 0.3 is 0 Å². The maximum atomic E-state index is 11.8. The smallest absolute Gasteiger partial charge is 0.276 e. The molecular weight excluding hydrogens is 358 g/mol. The van der Waals surface area contributed by atoms with Crippen molar-refractivity contribution in [2.45, 2.75) is 11.3 Å². The van der Waals surface area contributed by atoms with Gasteiger partial charge in [0.1, 0.15) is 0 Å². The van der Waals surface area contributed by atoms with Gasteiger partial charge < -0.3 is 5.32 Å². The van der Waals surface area contributed by atoms with Gasteiger partial charge in [0.25, 0.3) is 5.69 Å². The number of nitrogens with one attached hydrogen (secondary N) is 1. The number of nitro groups is 1. The van der Waals surface area contributed by atoms with Crippen molar-refractivity contribution in [3.05, 3.63) is 75.8 Å². The molecule has 0 bridgehead atoms. The minimum atomic E-state index is -3.72. The quantitative estimate of drug-likeness (QED) is 0.431. The molecular formula is C17H17N3O5S. The van der Waals surface area contributed by atoms with Gasteiger partial charge in [-0.15, -0.1) is 0 Å². The average Bonchev–Trinajstić information content (AvgIpc) is 2.60. The summed E-state index contributed by atoms with van der Waals surface area (Å²) < 4.78 is 22.3. The minimum Gasteiger partial charge on any atom is -0.352 e. The number of rotatable bonds is 7. The zero-order valence-electron chi connectivity index (χ0n) is 13.7. The Labute approximate surface area is 150 Å². The van der Waals surface area contributed by atoms with Crippen LogP contribution >= 0.6 is 0 Å². The number of primary sulfonamides is 1. The second kappa shape index (κ2) is 8.37. The van der Waals surface area contributed by atoms with Crippen molar-refractivity contribution in [1.82, 2.24) is 5.32 Å². The highest BCUT2D eigenvalue weighted by atomic mass is 32.2. The Balaban J connectivity index is 1.89. The first-order valence-electron chi connectivity index (χ1n) is 7.58. The van der Waals surface area contributed by atoms with Crippen molar-refractivity contribution in [3.63, 3.8) is 0 Å². The number of nitrogens with two attached hydrogens (primary N) is 1. The molecule has 1 amide bonds. The van der Waals surface area contributed by atoms with Gasteiger partial charge in [-0.3, -0.25) is 14.9 Å². The molecule has 0 aliphatic carbocycles. The van der Waals surface area contributed by atoms with E-state index in [0.717, 1.165) is 5.56 Å². The lowest BCUT2D eigenvalue weighted by Crippen LogP contribution is -2.23. The Morgan fingerprint density at radius 3 is 2.42 bits per heavy atom. The van der Waals surface area contributed by atoms with E-state index in [1.807, 2.05) is 0 Å². The minimum absolute atomic E-state index is 0.0256. The molecule has 0 aliphatic heterocycles. The van der Waals surface area contributed by atoms with Crippen LogP contribution in [0.25, 0.3) is 6.08 Å². The van der Waals surface area contributed by atoms with Crippen LogP contribution in [0.5, 0.6) is 0 Å². The number of hydrogen-bond donors (Lipinski definition) is 2. The molecule has 136 valence electrons. The van der Waals surface area contributed by atoms with E-state index < -0.39 is 14.9 Å². The van der Waals surface area contributed by atoms with Crippen LogP contribution in [0.15, 0.2) is 59.5 Å². The van der Waals surface area contributed by atoms with Crippen LogP contribution in [-0.4, -0.2) is 25.8 Å². The van der Waals surface area contributed by atoms with Crippen LogP contribution < -0.4 is 10.5 Å².